The Morgan fingerprint density at radius 3 is 2.04 bits per heavy atom. The van der Waals surface area contributed by atoms with Gasteiger partial charge in [0.1, 0.15) is 23.8 Å². The summed E-state index contributed by atoms with van der Waals surface area (Å²) in [7, 11) is 0. The highest BCUT2D eigenvalue weighted by Crippen LogP contribution is 2.66. The van der Waals surface area contributed by atoms with E-state index in [1.165, 1.54) is 30.3 Å². The Morgan fingerprint density at radius 1 is 0.857 bits per heavy atom. The van der Waals surface area contributed by atoms with E-state index in [1.54, 1.807) is 0 Å². The molecule has 18 heteroatoms. The zero-order chi connectivity index (χ0) is 35.5. The zero-order valence-electron chi connectivity index (χ0n) is 24.3. The van der Waals surface area contributed by atoms with Crippen molar-refractivity contribution in [2.24, 2.45) is 17.8 Å². The highest BCUT2D eigenvalue weighted by molar-refractivity contribution is 6.58. The van der Waals surface area contributed by atoms with Crippen molar-refractivity contribution in [3.05, 3.63) is 98.8 Å². The molecule has 2 aromatic carbocycles. The van der Waals surface area contributed by atoms with Crippen molar-refractivity contribution < 1.29 is 55.6 Å². The number of alkyl halides is 2. The van der Waals surface area contributed by atoms with E-state index in [0.29, 0.717) is 0 Å². The molecule has 0 spiro atoms. The standard InChI is InChI=1S/C31H18Cl2F5N3O8/c32-30-9-16-14(6-7-15-18(16)27(44)39(26(15)43)11-1-3-12(4-2-11)41(47)48)19(17-8-5-13(10-42)49-17)31(30,33)29(46)40(28(30)45)25-23(37)21(35)20(34)22(36)24(25)38/h1-6,8,15-16,18-19,42H,7,9-10H2. The second-order valence-corrected chi connectivity index (χ2v) is 13.2. The van der Waals surface area contributed by atoms with Gasteiger partial charge in [0.25, 0.3) is 17.5 Å². The molecule has 4 aliphatic rings. The number of carbonyl (C=O) groups is 4. The SMILES string of the molecule is O=C1C2CC=C3C(CC4(Cl)C(=O)N(c5c(F)c(F)c(F)c(F)c5F)C(=O)C4(Cl)C3c3ccc(CO)o3)C2C(=O)N1c1ccc([N+](=O)[O-])cc1. The van der Waals surface area contributed by atoms with E-state index in [-0.39, 0.29) is 39.8 Å². The summed E-state index contributed by atoms with van der Waals surface area (Å²) >= 11 is 14.0. The van der Waals surface area contributed by atoms with Gasteiger partial charge in [0.2, 0.25) is 17.6 Å². The van der Waals surface area contributed by atoms with Gasteiger partial charge in [-0.05, 0) is 43.0 Å². The fraction of sp³-hybridized carbons (Fsp3) is 0.290. The summed E-state index contributed by atoms with van der Waals surface area (Å²) in [6.45, 7) is -0.651. The largest absolute Gasteiger partial charge is 0.463 e. The first-order valence-electron chi connectivity index (χ1n) is 14.4. The fourth-order valence-corrected chi connectivity index (χ4v) is 8.41. The molecule has 3 fully saturated rings. The molecule has 7 rings (SSSR count). The number of anilines is 2. The summed E-state index contributed by atoms with van der Waals surface area (Å²) in [4.78, 5) is 61.5. The van der Waals surface area contributed by atoms with Gasteiger partial charge < -0.3 is 9.52 Å². The number of hydrogen-bond donors (Lipinski definition) is 1. The first-order chi connectivity index (χ1) is 23.1. The Morgan fingerprint density at radius 2 is 1.47 bits per heavy atom. The molecule has 6 atom stereocenters. The third kappa shape index (κ3) is 4.16. The molecular formula is C31H18Cl2F5N3O8. The molecule has 4 amide bonds. The van der Waals surface area contributed by atoms with Gasteiger partial charge >= 0.3 is 0 Å². The molecule has 1 saturated carbocycles. The van der Waals surface area contributed by atoms with Gasteiger partial charge in [-0.25, -0.2) is 26.9 Å². The van der Waals surface area contributed by atoms with Gasteiger partial charge in [-0.2, -0.15) is 0 Å². The lowest BCUT2D eigenvalue weighted by atomic mass is 9.57. The van der Waals surface area contributed by atoms with Crippen molar-refractivity contribution in [2.45, 2.75) is 35.1 Å². The van der Waals surface area contributed by atoms with Crippen LogP contribution in [0.5, 0.6) is 0 Å². The minimum Gasteiger partial charge on any atom is -0.463 e. The summed E-state index contributed by atoms with van der Waals surface area (Å²) < 4.78 is 78.5. The number of halogens is 7. The van der Waals surface area contributed by atoms with E-state index in [2.05, 4.69) is 0 Å². The van der Waals surface area contributed by atoms with Crippen LogP contribution in [0.25, 0.3) is 0 Å². The van der Waals surface area contributed by atoms with Crippen LogP contribution >= 0.6 is 23.2 Å². The smallest absolute Gasteiger partial charge is 0.269 e. The van der Waals surface area contributed by atoms with Crippen LogP contribution in [0.1, 0.15) is 30.3 Å². The van der Waals surface area contributed by atoms with Crippen molar-refractivity contribution in [1.29, 1.82) is 0 Å². The number of nitrogens with zero attached hydrogens (tertiary/aromatic N) is 3. The lowest BCUT2D eigenvalue weighted by Gasteiger charge is -2.49. The fourth-order valence-electron chi connectivity index (χ4n) is 7.49. The van der Waals surface area contributed by atoms with Crippen molar-refractivity contribution >= 4 is 63.9 Å². The first-order valence-corrected chi connectivity index (χ1v) is 15.2. The highest BCUT2D eigenvalue weighted by Gasteiger charge is 2.77. The molecule has 2 aliphatic heterocycles. The van der Waals surface area contributed by atoms with Crippen LogP contribution in [0.2, 0.25) is 0 Å². The molecule has 0 radical (unpaired) electrons. The number of nitro groups is 1. The van der Waals surface area contributed by atoms with Crippen LogP contribution in [0, 0.1) is 57.0 Å². The molecule has 1 N–H and O–H groups in total. The van der Waals surface area contributed by atoms with Gasteiger partial charge in [0.15, 0.2) is 33.0 Å². The minimum absolute atomic E-state index is 0.000539. The average molecular weight is 726 g/mol. The molecule has 254 valence electrons. The van der Waals surface area contributed by atoms with Crippen molar-refractivity contribution in [2.75, 3.05) is 9.80 Å². The van der Waals surface area contributed by atoms with E-state index in [1.807, 2.05) is 0 Å². The number of non-ortho nitro benzene ring substituents is 1. The van der Waals surface area contributed by atoms with Gasteiger partial charge in [0, 0.05) is 12.1 Å². The normalized spacial score (nSPS) is 29.3. The predicted molar refractivity (Wildman–Crippen MR) is 157 cm³/mol. The average Bonchev–Trinajstić information content (AvgIpc) is 3.70. The molecule has 2 saturated heterocycles. The van der Waals surface area contributed by atoms with Crippen LogP contribution in [-0.2, 0) is 25.8 Å². The Kier molecular flexibility index (Phi) is 7.32. The van der Waals surface area contributed by atoms with E-state index >= 15 is 8.78 Å². The number of aliphatic hydroxyl groups is 1. The number of aliphatic hydroxyl groups excluding tert-OH is 1. The maximum Gasteiger partial charge on any atom is 0.269 e. The van der Waals surface area contributed by atoms with Gasteiger partial charge in [-0.1, -0.05) is 11.6 Å². The van der Waals surface area contributed by atoms with E-state index in [0.717, 1.165) is 17.0 Å². The zero-order valence-corrected chi connectivity index (χ0v) is 25.8. The molecule has 2 aliphatic carbocycles. The van der Waals surface area contributed by atoms with E-state index in [4.69, 9.17) is 27.6 Å². The van der Waals surface area contributed by atoms with Crippen molar-refractivity contribution in [1.82, 2.24) is 0 Å². The van der Waals surface area contributed by atoms with E-state index in [9.17, 15) is 47.6 Å². The molecule has 3 heterocycles. The second-order valence-electron chi connectivity index (χ2n) is 11.9. The van der Waals surface area contributed by atoms with E-state index < -0.39 is 110 Å². The topological polar surface area (TPSA) is 151 Å². The summed E-state index contributed by atoms with van der Waals surface area (Å²) in [6, 6.07) is 7.09. The van der Waals surface area contributed by atoms with Gasteiger partial charge in [0.05, 0.1) is 28.4 Å². The molecule has 6 unspecified atom stereocenters. The van der Waals surface area contributed by atoms with Crippen LogP contribution in [0.3, 0.4) is 0 Å². The molecule has 49 heavy (non-hydrogen) atoms. The monoisotopic (exact) mass is 725 g/mol. The lowest BCUT2D eigenvalue weighted by molar-refractivity contribution is -0.384. The molecule has 11 nitrogen and oxygen atoms in total. The number of rotatable bonds is 5. The Balaban J connectivity index is 1.39. The number of nitro benzene ring substituents is 1. The number of imide groups is 2. The first kappa shape index (κ1) is 32.9. The van der Waals surface area contributed by atoms with Crippen LogP contribution in [0.4, 0.5) is 39.0 Å². The number of hydrogen-bond acceptors (Lipinski definition) is 8. The third-order valence-electron chi connectivity index (χ3n) is 9.66. The molecular weight excluding hydrogens is 708 g/mol. The number of benzene rings is 2. The number of carbonyl (C=O) groups excluding carboxylic acids is 4. The summed E-state index contributed by atoms with van der Waals surface area (Å²) in [5, 5.41) is 20.8. The quantitative estimate of drug-likeness (QED) is 0.0555. The predicted octanol–water partition coefficient (Wildman–Crippen LogP) is 5.14. The minimum atomic E-state index is -2.77. The number of amides is 4. The van der Waals surface area contributed by atoms with Crippen LogP contribution < -0.4 is 9.80 Å². The van der Waals surface area contributed by atoms with Gasteiger partial charge in [-0.3, -0.25) is 34.2 Å². The summed E-state index contributed by atoms with van der Waals surface area (Å²) in [5.41, 5.74) is -2.08. The Bertz CT molecular complexity index is 2050. The Hall–Kier alpha value is -4.67. The molecule has 1 aromatic heterocycles. The number of furan rings is 1. The maximum absolute atomic E-state index is 15.1. The lowest BCUT2D eigenvalue weighted by Crippen LogP contribution is -2.60. The Labute approximate surface area is 280 Å². The highest BCUT2D eigenvalue weighted by atomic mass is 35.5. The molecule has 3 aromatic rings. The summed E-state index contributed by atoms with van der Waals surface area (Å²) in [5.74, 6) is -22.7. The molecule has 0 bridgehead atoms. The second kappa shape index (κ2) is 10.9. The van der Waals surface area contributed by atoms with Crippen LogP contribution in [-0.4, -0.2) is 43.4 Å². The third-order valence-corrected chi connectivity index (χ3v) is 11.1. The van der Waals surface area contributed by atoms with Crippen molar-refractivity contribution in [3.8, 4) is 0 Å². The van der Waals surface area contributed by atoms with Crippen LogP contribution in [0.15, 0.2) is 52.5 Å². The summed E-state index contributed by atoms with van der Waals surface area (Å²) in [6.07, 6.45) is 0.626. The van der Waals surface area contributed by atoms with Gasteiger partial charge in [-0.15, -0.1) is 23.2 Å². The van der Waals surface area contributed by atoms with Crippen molar-refractivity contribution in [3.63, 3.8) is 0 Å². The number of allylic oxidation sites excluding steroid dienone is 2. The maximum atomic E-state index is 15.1. The number of fused-ring (bicyclic) bond motifs is 4.